The number of nitro groups is 1. The van der Waals surface area contributed by atoms with Crippen molar-refractivity contribution < 1.29 is 24.1 Å². The Hall–Kier alpha value is -2.48. The molecule has 0 aliphatic carbocycles. The average molecular weight is 266 g/mol. The summed E-state index contributed by atoms with van der Waals surface area (Å²) in [6.07, 6.45) is 0. The monoisotopic (exact) mass is 266 g/mol. The molecule has 19 heavy (non-hydrogen) atoms. The number of benzene rings is 1. The summed E-state index contributed by atoms with van der Waals surface area (Å²) in [6, 6.07) is 5.41. The Labute approximate surface area is 108 Å². The minimum atomic E-state index is -1.25. The number of hydrogen-bond acceptors (Lipinski definition) is 6. The number of carbonyl (C=O) groups excluding carboxylic acids is 2. The minimum absolute atomic E-state index is 0.0766. The molecule has 1 atom stereocenters. The Bertz CT molecular complexity index is 484. The zero-order chi connectivity index (χ0) is 14.4. The van der Waals surface area contributed by atoms with E-state index in [1.54, 1.807) is 0 Å². The van der Waals surface area contributed by atoms with Crippen molar-refractivity contribution in [3.63, 3.8) is 0 Å². The highest BCUT2D eigenvalue weighted by Crippen LogP contribution is 2.13. The van der Waals surface area contributed by atoms with Gasteiger partial charge in [-0.05, 0) is 24.6 Å². The number of ether oxygens (including phenoxy) is 1. The molecular weight excluding hydrogens is 256 g/mol. The van der Waals surface area contributed by atoms with E-state index in [0.29, 0.717) is 5.56 Å². The van der Waals surface area contributed by atoms with Crippen LogP contribution < -0.4 is 5.90 Å². The maximum Gasteiger partial charge on any atom is 0.343 e. The number of nitrogens with zero attached hydrogens (tertiary/aromatic N) is 2. The first-order valence-corrected chi connectivity index (χ1v) is 5.21. The van der Waals surface area contributed by atoms with Crippen LogP contribution in [-0.4, -0.2) is 16.9 Å². The van der Waals surface area contributed by atoms with Crippen LogP contribution in [0.1, 0.15) is 12.5 Å². The van der Waals surface area contributed by atoms with E-state index in [0.717, 1.165) is 0 Å². The fourth-order valence-corrected chi connectivity index (χ4v) is 1.17. The summed E-state index contributed by atoms with van der Waals surface area (Å²) < 4.78 is 4.79. The first-order valence-electron chi connectivity index (χ1n) is 5.21. The predicted octanol–water partition coefficient (Wildman–Crippen LogP) is 0.801. The molecular formula is C11H10N2O6. The van der Waals surface area contributed by atoms with Crippen molar-refractivity contribution in [3.8, 4) is 0 Å². The fourth-order valence-electron chi connectivity index (χ4n) is 1.17. The number of hydrogen-bond donors (Lipinski definition) is 0. The molecule has 0 fully saturated rings. The first-order chi connectivity index (χ1) is 8.95. The standard InChI is InChI=1S/C11H10N2O6/c1-7(11(15)19-12)10(14)18-6-8-2-4-9(5-3-8)13(16)17/h2-5,7H,6H2,1H3. The minimum Gasteiger partial charge on any atom is -0.460 e. The van der Waals surface area contributed by atoms with E-state index in [4.69, 9.17) is 10.6 Å². The molecule has 0 saturated heterocycles. The third kappa shape index (κ3) is 4.03. The zero-order valence-corrected chi connectivity index (χ0v) is 9.94. The lowest BCUT2D eigenvalue weighted by molar-refractivity contribution is -0.384. The van der Waals surface area contributed by atoms with E-state index in [-0.39, 0.29) is 12.3 Å². The molecule has 0 amide bonds. The van der Waals surface area contributed by atoms with Crippen LogP contribution >= 0.6 is 0 Å². The average Bonchev–Trinajstić information content (AvgIpc) is 2.43. The highest BCUT2D eigenvalue weighted by Gasteiger charge is 2.24. The molecule has 0 aromatic heterocycles. The van der Waals surface area contributed by atoms with Gasteiger partial charge in [-0.15, -0.1) is 0 Å². The molecule has 0 spiro atoms. The van der Waals surface area contributed by atoms with Gasteiger partial charge in [0.25, 0.3) is 5.69 Å². The van der Waals surface area contributed by atoms with Crippen LogP contribution in [0.15, 0.2) is 24.3 Å². The van der Waals surface area contributed by atoms with Crippen LogP contribution in [0.2, 0.25) is 0 Å². The molecule has 8 heteroatoms. The second-order valence-corrected chi connectivity index (χ2v) is 3.66. The number of nitro benzene ring substituents is 1. The van der Waals surface area contributed by atoms with Gasteiger partial charge < -0.3 is 9.57 Å². The second-order valence-electron chi connectivity index (χ2n) is 3.66. The summed E-state index contributed by atoms with van der Waals surface area (Å²) in [5.74, 6) is 4.87. The summed E-state index contributed by atoms with van der Waals surface area (Å²) in [4.78, 5) is 35.5. The third-order valence-electron chi connectivity index (χ3n) is 2.33. The SMILES string of the molecule is CC(C(=O)O[N])C(=O)OCc1ccc([N+](=O)[O-])cc1. The van der Waals surface area contributed by atoms with Gasteiger partial charge in [-0.25, -0.2) is 4.79 Å². The number of esters is 1. The van der Waals surface area contributed by atoms with Gasteiger partial charge in [0.15, 0.2) is 5.92 Å². The van der Waals surface area contributed by atoms with Gasteiger partial charge in [0.1, 0.15) is 12.5 Å². The van der Waals surface area contributed by atoms with Crippen LogP contribution in [0.25, 0.3) is 0 Å². The largest absolute Gasteiger partial charge is 0.460 e. The van der Waals surface area contributed by atoms with Crippen LogP contribution in [0.5, 0.6) is 0 Å². The Morgan fingerprint density at radius 3 is 2.37 bits per heavy atom. The van der Waals surface area contributed by atoms with Crippen molar-refractivity contribution in [2.75, 3.05) is 0 Å². The molecule has 1 rings (SSSR count). The van der Waals surface area contributed by atoms with E-state index in [1.165, 1.54) is 31.2 Å². The lowest BCUT2D eigenvalue weighted by Gasteiger charge is -2.08. The van der Waals surface area contributed by atoms with Crippen molar-refractivity contribution in [3.05, 3.63) is 39.9 Å². The lowest BCUT2D eigenvalue weighted by Crippen LogP contribution is -2.24. The van der Waals surface area contributed by atoms with Gasteiger partial charge in [-0.3, -0.25) is 14.9 Å². The van der Waals surface area contributed by atoms with Crippen LogP contribution in [0, 0.1) is 16.0 Å². The Morgan fingerprint density at radius 2 is 1.89 bits per heavy atom. The van der Waals surface area contributed by atoms with E-state index >= 15 is 0 Å². The Kier molecular flexibility index (Phi) is 4.95. The summed E-state index contributed by atoms with van der Waals surface area (Å²) in [6.45, 7) is 1.08. The van der Waals surface area contributed by atoms with Crippen molar-refractivity contribution in [2.45, 2.75) is 13.5 Å². The van der Waals surface area contributed by atoms with Gasteiger partial charge in [0.2, 0.25) is 0 Å². The second kappa shape index (κ2) is 6.45. The Morgan fingerprint density at radius 1 is 1.32 bits per heavy atom. The lowest BCUT2D eigenvalue weighted by atomic mass is 10.2. The molecule has 0 aliphatic rings. The number of rotatable bonds is 5. The Balaban J connectivity index is 2.55. The quantitative estimate of drug-likeness (QED) is 0.336. The van der Waals surface area contributed by atoms with Gasteiger partial charge >= 0.3 is 11.9 Å². The van der Waals surface area contributed by atoms with Gasteiger partial charge in [-0.2, -0.15) is 0 Å². The molecule has 2 radical (unpaired) electrons. The number of non-ortho nitro benzene ring substituents is 1. The normalized spacial score (nSPS) is 11.5. The van der Waals surface area contributed by atoms with E-state index < -0.39 is 22.8 Å². The molecule has 0 bridgehead atoms. The zero-order valence-electron chi connectivity index (χ0n) is 9.94. The third-order valence-corrected chi connectivity index (χ3v) is 2.33. The van der Waals surface area contributed by atoms with E-state index in [1.807, 2.05) is 0 Å². The van der Waals surface area contributed by atoms with E-state index in [9.17, 15) is 19.7 Å². The molecule has 8 nitrogen and oxygen atoms in total. The summed E-state index contributed by atoms with van der Waals surface area (Å²) in [5, 5.41) is 10.4. The van der Waals surface area contributed by atoms with Crippen LogP contribution in [0.3, 0.4) is 0 Å². The molecule has 0 aliphatic heterocycles. The summed E-state index contributed by atoms with van der Waals surface area (Å²) >= 11 is 0. The smallest absolute Gasteiger partial charge is 0.343 e. The molecule has 1 aromatic carbocycles. The van der Waals surface area contributed by atoms with Crippen LogP contribution in [0.4, 0.5) is 5.69 Å². The molecule has 1 unspecified atom stereocenters. The van der Waals surface area contributed by atoms with Crippen LogP contribution in [-0.2, 0) is 25.8 Å². The first kappa shape index (κ1) is 14.6. The maximum atomic E-state index is 11.3. The molecule has 1 aromatic rings. The molecule has 0 heterocycles. The van der Waals surface area contributed by atoms with Gasteiger partial charge in [-0.1, -0.05) is 0 Å². The highest BCUT2D eigenvalue weighted by atomic mass is 16.7. The highest BCUT2D eigenvalue weighted by molar-refractivity contribution is 5.94. The van der Waals surface area contributed by atoms with Crippen molar-refractivity contribution >= 4 is 17.6 Å². The molecule has 100 valence electrons. The predicted molar refractivity (Wildman–Crippen MR) is 60.3 cm³/mol. The summed E-state index contributed by atoms with van der Waals surface area (Å²) in [7, 11) is 0. The van der Waals surface area contributed by atoms with Crippen molar-refractivity contribution in [1.29, 1.82) is 0 Å². The fraction of sp³-hybridized carbons (Fsp3) is 0.273. The topological polar surface area (TPSA) is 118 Å². The van der Waals surface area contributed by atoms with Crippen molar-refractivity contribution in [1.82, 2.24) is 5.90 Å². The summed E-state index contributed by atoms with van der Waals surface area (Å²) in [5.41, 5.74) is 0.454. The number of carbonyl (C=O) groups is 2. The van der Waals surface area contributed by atoms with E-state index in [2.05, 4.69) is 4.84 Å². The molecule has 0 saturated carbocycles. The molecule has 0 N–H and O–H groups in total. The van der Waals surface area contributed by atoms with Gasteiger partial charge in [0, 0.05) is 12.1 Å². The van der Waals surface area contributed by atoms with Gasteiger partial charge in [0.05, 0.1) is 4.92 Å². The maximum absolute atomic E-state index is 11.3. The van der Waals surface area contributed by atoms with Crippen molar-refractivity contribution in [2.24, 2.45) is 5.92 Å².